The van der Waals surface area contributed by atoms with Crippen molar-refractivity contribution >= 4 is 5.97 Å². The van der Waals surface area contributed by atoms with Gasteiger partial charge < -0.3 is 4.74 Å². The third-order valence-electron chi connectivity index (χ3n) is 2.76. The van der Waals surface area contributed by atoms with Crippen molar-refractivity contribution in [2.45, 2.75) is 19.6 Å². The van der Waals surface area contributed by atoms with Crippen LogP contribution in [0, 0.1) is 0 Å². The Bertz CT molecular complexity index is 717. The van der Waals surface area contributed by atoms with Crippen LogP contribution in [0.5, 0.6) is 0 Å². The summed E-state index contributed by atoms with van der Waals surface area (Å²) in [5, 5.41) is 3.75. The van der Waals surface area contributed by atoms with Gasteiger partial charge in [0.25, 0.3) is 0 Å². The Morgan fingerprint density at radius 1 is 1.32 bits per heavy atom. The Hall–Kier alpha value is -2.58. The van der Waals surface area contributed by atoms with Gasteiger partial charge >= 0.3 is 17.8 Å². The van der Waals surface area contributed by atoms with Gasteiger partial charge in [-0.25, -0.2) is 14.3 Å². The lowest BCUT2D eigenvalue weighted by molar-refractivity contribution is -0.137. The highest BCUT2D eigenvalue weighted by atomic mass is 19.4. The summed E-state index contributed by atoms with van der Waals surface area (Å²) < 4.78 is 43.0. The van der Waals surface area contributed by atoms with E-state index in [9.17, 15) is 22.8 Å². The van der Waals surface area contributed by atoms with E-state index >= 15 is 0 Å². The first-order chi connectivity index (χ1) is 10.3. The second kappa shape index (κ2) is 6.04. The zero-order valence-corrected chi connectivity index (χ0v) is 11.5. The molecule has 118 valence electrons. The van der Waals surface area contributed by atoms with Crippen LogP contribution in [0.2, 0.25) is 0 Å². The number of carbonyl (C=O) groups excluding carboxylic acids is 1. The topological polar surface area (TPSA) is 77.0 Å². The first kappa shape index (κ1) is 15.8. The quantitative estimate of drug-likeness (QED) is 0.873. The number of alkyl halides is 3. The molecule has 0 radical (unpaired) electrons. The van der Waals surface area contributed by atoms with Crippen molar-refractivity contribution in [2.24, 2.45) is 0 Å². The van der Waals surface area contributed by atoms with Gasteiger partial charge in [-0.1, -0.05) is 12.1 Å². The molecular weight excluding hydrogens is 303 g/mol. The maximum atomic E-state index is 12.5. The van der Waals surface area contributed by atoms with Crippen molar-refractivity contribution in [3.63, 3.8) is 0 Å². The number of carbonyl (C=O) groups is 1. The normalized spacial score (nSPS) is 11.5. The van der Waals surface area contributed by atoms with Gasteiger partial charge in [0, 0.05) is 0 Å². The van der Waals surface area contributed by atoms with E-state index in [4.69, 9.17) is 0 Å². The number of nitrogens with one attached hydrogen (secondary N) is 1. The third kappa shape index (κ3) is 3.54. The lowest BCUT2D eigenvalue weighted by Crippen LogP contribution is -2.18. The van der Waals surface area contributed by atoms with Gasteiger partial charge in [-0.15, -0.1) is 5.10 Å². The number of hydrogen-bond donors (Lipinski definition) is 1. The molecule has 0 spiro atoms. The van der Waals surface area contributed by atoms with Crippen LogP contribution in [0.4, 0.5) is 13.2 Å². The fourth-order valence-corrected chi connectivity index (χ4v) is 1.73. The van der Waals surface area contributed by atoms with Crippen LogP contribution < -0.4 is 5.69 Å². The second-order valence-electron chi connectivity index (χ2n) is 4.35. The largest absolute Gasteiger partial charge is 0.460 e. The third-order valence-corrected chi connectivity index (χ3v) is 2.76. The molecule has 0 unspecified atom stereocenters. The van der Waals surface area contributed by atoms with Gasteiger partial charge in [0.05, 0.1) is 18.7 Å². The Kier molecular flexibility index (Phi) is 4.34. The highest BCUT2D eigenvalue weighted by molar-refractivity contribution is 5.84. The summed E-state index contributed by atoms with van der Waals surface area (Å²) in [5.41, 5.74) is -0.988. The molecule has 1 N–H and O–H groups in total. The monoisotopic (exact) mass is 315 g/mol. The van der Waals surface area contributed by atoms with Crippen LogP contribution in [0.1, 0.15) is 28.7 Å². The fourth-order valence-electron chi connectivity index (χ4n) is 1.73. The van der Waals surface area contributed by atoms with Crippen LogP contribution in [0.25, 0.3) is 0 Å². The molecule has 9 heteroatoms. The van der Waals surface area contributed by atoms with E-state index in [2.05, 4.69) is 14.8 Å². The summed E-state index contributed by atoms with van der Waals surface area (Å²) in [5.74, 6) is -1.02. The molecule has 0 saturated carbocycles. The van der Waals surface area contributed by atoms with Crippen molar-refractivity contribution in [3.8, 4) is 0 Å². The minimum Gasteiger partial charge on any atom is -0.460 e. The van der Waals surface area contributed by atoms with Crippen molar-refractivity contribution in [1.29, 1.82) is 0 Å². The van der Waals surface area contributed by atoms with Gasteiger partial charge in [0.1, 0.15) is 0 Å². The first-order valence-corrected chi connectivity index (χ1v) is 6.31. The number of ether oxygens (including phenoxy) is 1. The average Bonchev–Trinajstić information content (AvgIpc) is 2.80. The summed E-state index contributed by atoms with van der Waals surface area (Å²) in [6, 6.07) is 4.32. The molecule has 1 heterocycles. The van der Waals surface area contributed by atoms with Crippen LogP contribution >= 0.6 is 0 Å². The minimum atomic E-state index is -4.42. The van der Waals surface area contributed by atoms with Crippen molar-refractivity contribution < 1.29 is 22.7 Å². The number of aromatic nitrogens is 3. The standard InChI is InChI=1S/C13H12F3N3O3/c1-2-22-11(20)10-17-12(21)19(18-10)7-8-3-5-9(6-4-8)13(14,15)16/h3-6H,2,7H2,1H3,(H,17,18,21). The van der Waals surface area contributed by atoms with Crippen LogP contribution in [-0.2, 0) is 17.5 Å². The molecule has 0 aliphatic carbocycles. The average molecular weight is 315 g/mol. The predicted molar refractivity (Wildman–Crippen MR) is 69.4 cm³/mol. The molecule has 2 rings (SSSR count). The summed E-state index contributed by atoms with van der Waals surface area (Å²) in [6.07, 6.45) is -4.42. The maximum absolute atomic E-state index is 12.5. The molecule has 1 aromatic heterocycles. The molecule has 0 aliphatic heterocycles. The van der Waals surface area contributed by atoms with Gasteiger partial charge in [-0.3, -0.25) is 4.98 Å². The van der Waals surface area contributed by atoms with Gasteiger partial charge in [-0.05, 0) is 24.6 Å². The molecular formula is C13H12F3N3O3. The second-order valence-corrected chi connectivity index (χ2v) is 4.35. The smallest absolute Gasteiger partial charge is 0.416 e. The van der Waals surface area contributed by atoms with Crippen LogP contribution in [0.3, 0.4) is 0 Å². The number of benzene rings is 1. The molecule has 0 fully saturated rings. The number of rotatable bonds is 4. The molecule has 0 aliphatic rings. The molecule has 22 heavy (non-hydrogen) atoms. The minimum absolute atomic E-state index is 0.0626. The van der Waals surface area contributed by atoms with Gasteiger partial charge in [0.2, 0.25) is 5.82 Å². The zero-order chi connectivity index (χ0) is 16.3. The van der Waals surface area contributed by atoms with E-state index in [1.54, 1.807) is 6.92 Å². The SMILES string of the molecule is CCOC(=O)c1nn(Cc2ccc(C(F)(F)F)cc2)c(=O)[nH]1. The molecule has 0 atom stereocenters. The number of aromatic amines is 1. The fraction of sp³-hybridized carbons (Fsp3) is 0.308. The van der Waals surface area contributed by atoms with E-state index < -0.39 is 23.4 Å². The Labute approximate surface area is 122 Å². The molecule has 0 amide bonds. The summed E-state index contributed by atoms with van der Waals surface area (Å²) >= 11 is 0. The molecule has 0 saturated heterocycles. The van der Waals surface area contributed by atoms with Crippen molar-refractivity contribution in [1.82, 2.24) is 14.8 Å². The molecule has 2 aromatic rings. The summed E-state index contributed by atoms with van der Waals surface area (Å²) in [7, 11) is 0. The van der Waals surface area contributed by atoms with E-state index in [1.807, 2.05) is 0 Å². The number of hydrogen-bond acceptors (Lipinski definition) is 4. The Balaban J connectivity index is 2.17. The van der Waals surface area contributed by atoms with E-state index in [1.165, 1.54) is 12.1 Å². The van der Waals surface area contributed by atoms with Gasteiger partial charge in [0.15, 0.2) is 0 Å². The molecule has 1 aromatic carbocycles. The number of H-pyrrole nitrogens is 1. The van der Waals surface area contributed by atoms with E-state index in [0.717, 1.165) is 16.8 Å². The van der Waals surface area contributed by atoms with Crippen molar-refractivity contribution in [2.75, 3.05) is 6.61 Å². The van der Waals surface area contributed by atoms with Crippen LogP contribution in [0.15, 0.2) is 29.1 Å². The number of halogens is 3. The Morgan fingerprint density at radius 2 is 1.95 bits per heavy atom. The highest BCUT2D eigenvalue weighted by Gasteiger charge is 2.29. The predicted octanol–water partition coefficient (Wildman–Crippen LogP) is 1.82. The maximum Gasteiger partial charge on any atom is 0.416 e. The van der Waals surface area contributed by atoms with Crippen molar-refractivity contribution in [3.05, 3.63) is 51.7 Å². The lowest BCUT2D eigenvalue weighted by atomic mass is 10.1. The molecule has 6 nitrogen and oxygen atoms in total. The number of esters is 1. The zero-order valence-electron chi connectivity index (χ0n) is 11.5. The van der Waals surface area contributed by atoms with Crippen LogP contribution in [-0.4, -0.2) is 27.3 Å². The lowest BCUT2D eigenvalue weighted by Gasteiger charge is -2.07. The number of nitrogens with zero attached hydrogens (tertiary/aromatic N) is 2. The summed E-state index contributed by atoms with van der Waals surface area (Å²) in [4.78, 5) is 25.3. The Morgan fingerprint density at radius 3 is 2.50 bits per heavy atom. The van der Waals surface area contributed by atoms with Gasteiger partial charge in [-0.2, -0.15) is 13.2 Å². The van der Waals surface area contributed by atoms with E-state index in [-0.39, 0.29) is 19.0 Å². The summed E-state index contributed by atoms with van der Waals surface area (Å²) in [6.45, 7) is 1.68. The van der Waals surface area contributed by atoms with E-state index in [0.29, 0.717) is 5.56 Å². The first-order valence-electron chi connectivity index (χ1n) is 6.31. The highest BCUT2D eigenvalue weighted by Crippen LogP contribution is 2.29. The molecule has 0 bridgehead atoms.